The van der Waals surface area contributed by atoms with Crippen LogP contribution in [0.25, 0.3) is 11.0 Å². The number of benzene rings is 2. The SMILES string of the molecule is COC(=O)c1ccccc1OCc1cc(=O)oc2cc(C)c(C(C)C)cc12. The molecule has 0 saturated carbocycles. The summed E-state index contributed by atoms with van der Waals surface area (Å²) in [7, 11) is 1.32. The molecule has 0 aliphatic rings. The van der Waals surface area contributed by atoms with E-state index in [1.165, 1.54) is 18.7 Å². The van der Waals surface area contributed by atoms with Crippen molar-refractivity contribution < 1.29 is 18.7 Å². The van der Waals surface area contributed by atoms with E-state index in [0.717, 1.165) is 10.9 Å². The molecule has 1 heterocycles. The number of para-hydroxylation sites is 1. The maximum Gasteiger partial charge on any atom is 0.341 e. The molecule has 0 aliphatic carbocycles. The number of esters is 1. The number of rotatable bonds is 5. The average molecular weight is 366 g/mol. The minimum absolute atomic E-state index is 0.136. The zero-order valence-corrected chi connectivity index (χ0v) is 15.9. The maximum absolute atomic E-state index is 12.0. The normalized spacial score (nSPS) is 11.0. The summed E-state index contributed by atoms with van der Waals surface area (Å²) >= 11 is 0. The minimum atomic E-state index is -0.472. The van der Waals surface area contributed by atoms with Gasteiger partial charge in [0.1, 0.15) is 23.5 Å². The molecule has 0 aliphatic heterocycles. The molecule has 140 valence electrons. The Labute approximate surface area is 157 Å². The lowest BCUT2D eigenvalue weighted by atomic mass is 9.95. The maximum atomic E-state index is 12.0. The van der Waals surface area contributed by atoms with Crippen LogP contribution in [0.1, 0.15) is 46.8 Å². The molecule has 3 aromatic rings. The van der Waals surface area contributed by atoms with Crippen LogP contribution >= 0.6 is 0 Å². The van der Waals surface area contributed by atoms with Gasteiger partial charge >= 0.3 is 11.6 Å². The highest BCUT2D eigenvalue weighted by molar-refractivity contribution is 5.92. The van der Waals surface area contributed by atoms with E-state index in [2.05, 4.69) is 13.8 Å². The summed E-state index contributed by atoms with van der Waals surface area (Å²) in [5.74, 6) is 0.276. The average Bonchev–Trinajstić information content (AvgIpc) is 2.64. The first-order chi connectivity index (χ1) is 12.9. The predicted octanol–water partition coefficient (Wildman–Crippen LogP) is 4.59. The molecule has 3 rings (SSSR count). The molecule has 0 amide bonds. The Morgan fingerprint density at radius 2 is 1.89 bits per heavy atom. The molecule has 5 heteroatoms. The quantitative estimate of drug-likeness (QED) is 0.488. The van der Waals surface area contributed by atoms with Crippen LogP contribution in [0.5, 0.6) is 5.75 Å². The third kappa shape index (κ3) is 3.87. The molecule has 1 aromatic heterocycles. The first-order valence-electron chi connectivity index (χ1n) is 8.78. The van der Waals surface area contributed by atoms with Crippen molar-refractivity contribution in [2.75, 3.05) is 7.11 Å². The Balaban J connectivity index is 2.02. The summed E-state index contributed by atoms with van der Waals surface area (Å²) in [5, 5.41) is 0.833. The van der Waals surface area contributed by atoms with Gasteiger partial charge in [0.25, 0.3) is 0 Å². The van der Waals surface area contributed by atoms with Gasteiger partial charge in [0.2, 0.25) is 0 Å². The largest absolute Gasteiger partial charge is 0.488 e. The lowest BCUT2D eigenvalue weighted by Gasteiger charge is -2.14. The number of carbonyl (C=O) groups is 1. The van der Waals surface area contributed by atoms with Gasteiger partial charge in [0, 0.05) is 17.0 Å². The number of ether oxygens (including phenoxy) is 2. The van der Waals surface area contributed by atoms with Crippen molar-refractivity contribution in [3.63, 3.8) is 0 Å². The number of aryl methyl sites for hydroxylation is 1. The summed E-state index contributed by atoms with van der Waals surface area (Å²) in [6, 6.07) is 12.2. The molecule has 0 spiro atoms. The minimum Gasteiger partial charge on any atom is -0.488 e. The Kier molecular flexibility index (Phi) is 5.31. The summed E-state index contributed by atoms with van der Waals surface area (Å²) in [6.45, 7) is 6.38. The van der Waals surface area contributed by atoms with Gasteiger partial charge in [-0.25, -0.2) is 9.59 Å². The van der Waals surface area contributed by atoms with E-state index >= 15 is 0 Å². The van der Waals surface area contributed by atoms with Crippen molar-refractivity contribution in [1.29, 1.82) is 0 Å². The number of hydrogen-bond acceptors (Lipinski definition) is 5. The van der Waals surface area contributed by atoms with Crippen molar-refractivity contribution in [2.45, 2.75) is 33.3 Å². The topological polar surface area (TPSA) is 65.7 Å². The van der Waals surface area contributed by atoms with Crippen molar-refractivity contribution in [1.82, 2.24) is 0 Å². The zero-order valence-electron chi connectivity index (χ0n) is 15.9. The third-order valence-electron chi connectivity index (χ3n) is 4.51. The highest BCUT2D eigenvalue weighted by atomic mass is 16.5. The van der Waals surface area contributed by atoms with Crippen LogP contribution in [0, 0.1) is 6.92 Å². The van der Waals surface area contributed by atoms with Gasteiger partial charge < -0.3 is 13.9 Å². The predicted molar refractivity (Wildman–Crippen MR) is 103 cm³/mol. The van der Waals surface area contributed by atoms with Crippen molar-refractivity contribution in [3.05, 3.63) is 75.1 Å². The molecule has 0 N–H and O–H groups in total. The van der Waals surface area contributed by atoms with E-state index < -0.39 is 11.6 Å². The second-order valence-electron chi connectivity index (χ2n) is 6.73. The number of hydrogen-bond donors (Lipinski definition) is 0. The van der Waals surface area contributed by atoms with Gasteiger partial charge in [-0.3, -0.25) is 0 Å². The summed E-state index contributed by atoms with van der Waals surface area (Å²) in [5.41, 5.74) is 3.42. The fourth-order valence-electron chi connectivity index (χ4n) is 3.16. The highest BCUT2D eigenvalue weighted by Crippen LogP contribution is 2.28. The van der Waals surface area contributed by atoms with E-state index in [1.54, 1.807) is 24.3 Å². The fourth-order valence-corrected chi connectivity index (χ4v) is 3.16. The smallest absolute Gasteiger partial charge is 0.341 e. The highest BCUT2D eigenvalue weighted by Gasteiger charge is 2.15. The third-order valence-corrected chi connectivity index (χ3v) is 4.51. The van der Waals surface area contributed by atoms with Crippen LogP contribution in [0.4, 0.5) is 0 Å². The van der Waals surface area contributed by atoms with Gasteiger partial charge in [-0.1, -0.05) is 26.0 Å². The van der Waals surface area contributed by atoms with Crippen LogP contribution in [-0.2, 0) is 11.3 Å². The number of carbonyl (C=O) groups excluding carboxylic acids is 1. The molecule has 0 fully saturated rings. The molecule has 0 unspecified atom stereocenters. The molecular formula is C22H22O5. The second-order valence-corrected chi connectivity index (χ2v) is 6.73. The van der Waals surface area contributed by atoms with Gasteiger partial charge in [0.15, 0.2) is 0 Å². The lowest BCUT2D eigenvalue weighted by molar-refractivity contribution is 0.0595. The van der Waals surface area contributed by atoms with E-state index in [-0.39, 0.29) is 6.61 Å². The van der Waals surface area contributed by atoms with Gasteiger partial charge in [-0.2, -0.15) is 0 Å². The van der Waals surface area contributed by atoms with E-state index in [9.17, 15) is 9.59 Å². The molecule has 0 saturated heterocycles. The first kappa shape index (κ1) is 18.7. The molecule has 5 nitrogen and oxygen atoms in total. The van der Waals surface area contributed by atoms with Gasteiger partial charge in [-0.15, -0.1) is 0 Å². The van der Waals surface area contributed by atoms with Gasteiger partial charge in [-0.05, 0) is 48.2 Å². The summed E-state index contributed by atoms with van der Waals surface area (Å²) < 4.78 is 16.0. The number of methoxy groups -OCH3 is 1. The van der Waals surface area contributed by atoms with Crippen LogP contribution in [0.2, 0.25) is 0 Å². The lowest BCUT2D eigenvalue weighted by Crippen LogP contribution is -2.08. The Bertz CT molecular complexity index is 1050. The standard InChI is InChI=1S/C22H22O5/c1-13(2)17-11-18-15(10-21(23)27-20(18)9-14(17)3)12-26-19-8-6-5-7-16(19)22(24)25-4/h5-11,13H,12H2,1-4H3. The molecule has 27 heavy (non-hydrogen) atoms. The summed E-state index contributed by atoms with van der Waals surface area (Å²) in [4.78, 5) is 23.9. The van der Waals surface area contributed by atoms with Gasteiger partial charge in [0.05, 0.1) is 7.11 Å². The van der Waals surface area contributed by atoms with Crippen molar-refractivity contribution in [3.8, 4) is 5.75 Å². The van der Waals surface area contributed by atoms with E-state index in [1.807, 2.05) is 19.1 Å². The molecule has 0 radical (unpaired) electrons. The Hall–Kier alpha value is -3.08. The second kappa shape index (κ2) is 7.66. The Morgan fingerprint density at radius 3 is 2.59 bits per heavy atom. The van der Waals surface area contributed by atoms with Crippen LogP contribution in [-0.4, -0.2) is 13.1 Å². The molecule has 2 aromatic carbocycles. The molecule has 0 atom stereocenters. The zero-order chi connectivity index (χ0) is 19.6. The monoisotopic (exact) mass is 366 g/mol. The summed E-state index contributed by atoms with van der Waals surface area (Å²) in [6.07, 6.45) is 0. The van der Waals surface area contributed by atoms with E-state index in [0.29, 0.717) is 28.4 Å². The Morgan fingerprint density at radius 1 is 1.15 bits per heavy atom. The molecule has 0 bridgehead atoms. The molecular weight excluding hydrogens is 344 g/mol. The van der Waals surface area contributed by atoms with Crippen LogP contribution < -0.4 is 10.4 Å². The van der Waals surface area contributed by atoms with Crippen molar-refractivity contribution >= 4 is 16.9 Å². The number of fused-ring (bicyclic) bond motifs is 1. The van der Waals surface area contributed by atoms with Crippen LogP contribution in [0.15, 0.2) is 51.7 Å². The van der Waals surface area contributed by atoms with Crippen LogP contribution in [0.3, 0.4) is 0 Å². The fraction of sp³-hybridized carbons (Fsp3) is 0.273. The van der Waals surface area contributed by atoms with E-state index in [4.69, 9.17) is 13.9 Å². The first-order valence-corrected chi connectivity index (χ1v) is 8.78. The van der Waals surface area contributed by atoms with Crippen molar-refractivity contribution in [2.24, 2.45) is 0 Å².